The van der Waals surface area contributed by atoms with Gasteiger partial charge >= 0.3 is 0 Å². The topological polar surface area (TPSA) is 56.2 Å². The van der Waals surface area contributed by atoms with E-state index < -0.39 is 0 Å². The number of ether oxygens (including phenoxy) is 1. The van der Waals surface area contributed by atoms with Gasteiger partial charge in [0.25, 0.3) is 0 Å². The van der Waals surface area contributed by atoms with Gasteiger partial charge in [0.2, 0.25) is 5.91 Å². The Bertz CT molecular complexity index is 581. The predicted octanol–water partition coefficient (Wildman–Crippen LogP) is 1.31. The lowest BCUT2D eigenvalue weighted by Gasteiger charge is -2.26. The summed E-state index contributed by atoms with van der Waals surface area (Å²) in [4.78, 5) is 15.8. The SMILES string of the molecule is O=C(Cn1ccnc1)NCC1OCCc2ccccc21. The first kappa shape index (κ1) is 12.9. The van der Waals surface area contributed by atoms with Crippen LogP contribution in [0.5, 0.6) is 0 Å². The van der Waals surface area contributed by atoms with Gasteiger partial charge in [-0.05, 0) is 17.5 Å². The van der Waals surface area contributed by atoms with E-state index in [2.05, 4.69) is 22.4 Å². The maximum absolute atomic E-state index is 11.8. The lowest BCUT2D eigenvalue weighted by atomic mass is 9.97. The Kier molecular flexibility index (Phi) is 3.78. The van der Waals surface area contributed by atoms with E-state index in [1.807, 2.05) is 12.1 Å². The molecule has 0 bridgehead atoms. The van der Waals surface area contributed by atoms with Crippen molar-refractivity contribution in [3.05, 3.63) is 54.1 Å². The average molecular weight is 271 g/mol. The smallest absolute Gasteiger partial charge is 0.240 e. The van der Waals surface area contributed by atoms with Crippen LogP contribution < -0.4 is 5.32 Å². The number of aromatic nitrogens is 2. The molecule has 1 atom stereocenters. The summed E-state index contributed by atoms with van der Waals surface area (Å²) in [6, 6.07) is 8.24. The van der Waals surface area contributed by atoms with E-state index in [0.717, 1.165) is 6.42 Å². The molecule has 1 unspecified atom stereocenters. The zero-order chi connectivity index (χ0) is 13.8. The molecule has 104 valence electrons. The third-order valence-corrected chi connectivity index (χ3v) is 3.46. The molecule has 0 radical (unpaired) electrons. The molecule has 1 aromatic carbocycles. The maximum Gasteiger partial charge on any atom is 0.240 e. The van der Waals surface area contributed by atoms with Crippen LogP contribution in [0, 0.1) is 0 Å². The third kappa shape index (κ3) is 2.88. The molecule has 1 aromatic heterocycles. The highest BCUT2D eigenvalue weighted by atomic mass is 16.5. The number of carbonyl (C=O) groups is 1. The second-order valence-corrected chi connectivity index (χ2v) is 4.85. The van der Waals surface area contributed by atoms with E-state index >= 15 is 0 Å². The second kappa shape index (κ2) is 5.88. The van der Waals surface area contributed by atoms with Crippen LogP contribution in [-0.4, -0.2) is 28.6 Å². The van der Waals surface area contributed by atoms with Crippen LogP contribution >= 0.6 is 0 Å². The maximum atomic E-state index is 11.8. The van der Waals surface area contributed by atoms with Gasteiger partial charge in [-0.15, -0.1) is 0 Å². The first-order valence-electron chi connectivity index (χ1n) is 6.75. The number of benzene rings is 1. The molecule has 1 N–H and O–H groups in total. The normalized spacial score (nSPS) is 17.5. The summed E-state index contributed by atoms with van der Waals surface area (Å²) in [5.74, 6) is -0.0327. The Hall–Kier alpha value is -2.14. The van der Waals surface area contributed by atoms with Crippen molar-refractivity contribution in [3.63, 3.8) is 0 Å². The Morgan fingerprint density at radius 2 is 2.35 bits per heavy atom. The van der Waals surface area contributed by atoms with E-state index in [1.54, 1.807) is 23.3 Å². The molecule has 1 aliphatic heterocycles. The van der Waals surface area contributed by atoms with Gasteiger partial charge in [0.15, 0.2) is 0 Å². The van der Waals surface area contributed by atoms with E-state index in [4.69, 9.17) is 4.74 Å². The lowest BCUT2D eigenvalue weighted by Crippen LogP contribution is -2.33. The molecular formula is C15H17N3O2. The number of fused-ring (bicyclic) bond motifs is 1. The third-order valence-electron chi connectivity index (χ3n) is 3.46. The van der Waals surface area contributed by atoms with Gasteiger partial charge < -0.3 is 14.6 Å². The van der Waals surface area contributed by atoms with E-state index in [9.17, 15) is 4.79 Å². The van der Waals surface area contributed by atoms with Crippen molar-refractivity contribution in [1.82, 2.24) is 14.9 Å². The molecule has 5 heteroatoms. The van der Waals surface area contributed by atoms with Gasteiger partial charge in [-0.1, -0.05) is 24.3 Å². The van der Waals surface area contributed by atoms with Gasteiger partial charge in [0.05, 0.1) is 12.9 Å². The predicted molar refractivity (Wildman–Crippen MR) is 74.1 cm³/mol. The fourth-order valence-electron chi connectivity index (χ4n) is 2.45. The van der Waals surface area contributed by atoms with Gasteiger partial charge in [-0.25, -0.2) is 4.98 Å². The van der Waals surface area contributed by atoms with Crippen LogP contribution in [0.25, 0.3) is 0 Å². The van der Waals surface area contributed by atoms with Crippen molar-refractivity contribution in [1.29, 1.82) is 0 Å². The van der Waals surface area contributed by atoms with Crippen LogP contribution in [-0.2, 0) is 22.5 Å². The summed E-state index contributed by atoms with van der Waals surface area (Å²) in [6.07, 6.45) is 5.95. The monoisotopic (exact) mass is 271 g/mol. The molecule has 0 aliphatic carbocycles. The van der Waals surface area contributed by atoms with Crippen molar-refractivity contribution < 1.29 is 9.53 Å². The highest BCUT2D eigenvalue weighted by Gasteiger charge is 2.20. The van der Waals surface area contributed by atoms with Gasteiger partial charge in [-0.3, -0.25) is 4.79 Å². The Morgan fingerprint density at radius 3 is 3.20 bits per heavy atom. The molecule has 5 nitrogen and oxygen atoms in total. The lowest BCUT2D eigenvalue weighted by molar-refractivity contribution is -0.122. The van der Waals surface area contributed by atoms with Gasteiger partial charge in [-0.2, -0.15) is 0 Å². The number of nitrogens with one attached hydrogen (secondary N) is 1. The first-order chi connectivity index (χ1) is 9.83. The second-order valence-electron chi connectivity index (χ2n) is 4.85. The number of hydrogen-bond donors (Lipinski definition) is 1. The first-order valence-corrected chi connectivity index (χ1v) is 6.75. The zero-order valence-electron chi connectivity index (χ0n) is 11.2. The minimum Gasteiger partial charge on any atom is -0.371 e. The van der Waals surface area contributed by atoms with Crippen molar-refractivity contribution in [2.24, 2.45) is 0 Å². The van der Waals surface area contributed by atoms with E-state index in [1.165, 1.54) is 11.1 Å². The van der Waals surface area contributed by atoms with Crippen LogP contribution in [0.4, 0.5) is 0 Å². The minimum absolute atomic E-state index is 0.0327. The minimum atomic E-state index is -0.0494. The number of carbonyl (C=O) groups excluding carboxylic acids is 1. The summed E-state index contributed by atoms with van der Waals surface area (Å²) in [6.45, 7) is 1.50. The molecule has 1 amide bonds. The van der Waals surface area contributed by atoms with Crippen LogP contribution in [0.3, 0.4) is 0 Å². The standard InChI is InChI=1S/C15H17N3O2/c19-15(10-18-7-6-16-11-18)17-9-14-13-4-2-1-3-12(13)5-8-20-14/h1-4,6-7,11,14H,5,8-10H2,(H,17,19). The molecule has 2 heterocycles. The number of nitrogens with zero attached hydrogens (tertiary/aromatic N) is 2. The highest BCUT2D eigenvalue weighted by Crippen LogP contribution is 2.26. The van der Waals surface area contributed by atoms with Gasteiger partial charge in [0.1, 0.15) is 12.6 Å². The highest BCUT2D eigenvalue weighted by molar-refractivity contribution is 5.75. The Balaban J connectivity index is 1.58. The fraction of sp³-hybridized carbons (Fsp3) is 0.333. The zero-order valence-corrected chi connectivity index (χ0v) is 11.2. The van der Waals surface area contributed by atoms with Crippen molar-refractivity contribution >= 4 is 5.91 Å². The van der Waals surface area contributed by atoms with Crippen LogP contribution in [0.1, 0.15) is 17.2 Å². The van der Waals surface area contributed by atoms with Gasteiger partial charge in [0, 0.05) is 18.9 Å². The van der Waals surface area contributed by atoms with Crippen molar-refractivity contribution in [3.8, 4) is 0 Å². The van der Waals surface area contributed by atoms with Crippen LogP contribution in [0.2, 0.25) is 0 Å². The van der Waals surface area contributed by atoms with Crippen LogP contribution in [0.15, 0.2) is 43.0 Å². The number of hydrogen-bond acceptors (Lipinski definition) is 3. The Labute approximate surface area is 117 Å². The summed E-state index contributed by atoms with van der Waals surface area (Å²) in [5.41, 5.74) is 2.49. The molecular weight excluding hydrogens is 254 g/mol. The molecule has 0 spiro atoms. The number of rotatable bonds is 4. The molecule has 1 aliphatic rings. The summed E-state index contributed by atoms with van der Waals surface area (Å²) < 4.78 is 7.50. The quantitative estimate of drug-likeness (QED) is 0.912. The molecule has 3 rings (SSSR count). The molecule has 0 saturated carbocycles. The number of amides is 1. The van der Waals surface area contributed by atoms with E-state index in [-0.39, 0.29) is 18.6 Å². The molecule has 0 fully saturated rings. The molecule has 0 saturated heterocycles. The van der Waals surface area contributed by atoms with E-state index in [0.29, 0.717) is 13.2 Å². The molecule has 20 heavy (non-hydrogen) atoms. The molecule has 2 aromatic rings. The summed E-state index contributed by atoms with van der Waals surface area (Å²) in [5, 5.41) is 2.92. The summed E-state index contributed by atoms with van der Waals surface area (Å²) >= 11 is 0. The average Bonchev–Trinajstić information content (AvgIpc) is 2.98. The van der Waals surface area contributed by atoms with Crippen molar-refractivity contribution in [2.45, 2.75) is 19.1 Å². The van der Waals surface area contributed by atoms with Crippen molar-refractivity contribution in [2.75, 3.05) is 13.2 Å². The fourth-order valence-corrected chi connectivity index (χ4v) is 2.45. The number of imidazole rings is 1. The Morgan fingerprint density at radius 1 is 1.45 bits per heavy atom. The summed E-state index contributed by atoms with van der Waals surface area (Å²) in [7, 11) is 0. The largest absolute Gasteiger partial charge is 0.371 e.